The number of hydrogen-bond donors (Lipinski definition) is 0. The van der Waals surface area contributed by atoms with Gasteiger partial charge in [0, 0.05) is 11.9 Å². The molecule has 3 heteroatoms. The molecule has 0 saturated carbocycles. The topological polar surface area (TPSA) is 26.3 Å². The maximum absolute atomic E-state index is 10.8. The van der Waals surface area contributed by atoms with E-state index in [1.165, 1.54) is 6.92 Å². The molecule has 0 saturated heterocycles. The maximum Gasteiger partial charge on any atom is 0.302 e. The molecular formula is C14H17ClO2. The summed E-state index contributed by atoms with van der Waals surface area (Å²) in [5.74, 6) is 0.0812. The largest absolute Gasteiger partial charge is 0.461 e. The van der Waals surface area contributed by atoms with Crippen LogP contribution in [0.25, 0.3) is 6.08 Å². The Kier molecular flexibility index (Phi) is 5.23. The van der Waals surface area contributed by atoms with Gasteiger partial charge in [-0.3, -0.25) is 4.79 Å². The van der Waals surface area contributed by atoms with Crippen LogP contribution in [0, 0.1) is 5.92 Å². The summed E-state index contributed by atoms with van der Waals surface area (Å²) in [5, 5.41) is 0.716. The van der Waals surface area contributed by atoms with Gasteiger partial charge in [-0.05, 0) is 29.2 Å². The molecule has 17 heavy (non-hydrogen) atoms. The van der Waals surface area contributed by atoms with Crippen LogP contribution >= 0.6 is 11.6 Å². The molecule has 0 amide bonds. The first-order valence-electron chi connectivity index (χ1n) is 5.58. The predicted molar refractivity (Wildman–Crippen MR) is 70.9 cm³/mol. The SMILES string of the molecule is CC(=O)OCC(=Cc1ccc(Cl)cc1)C(C)C. The lowest BCUT2D eigenvalue weighted by Crippen LogP contribution is -2.07. The minimum absolute atomic E-state index is 0.257. The first-order valence-corrected chi connectivity index (χ1v) is 5.96. The Hall–Kier alpha value is -1.28. The Bertz CT molecular complexity index is 405. The average Bonchev–Trinajstić information content (AvgIpc) is 2.26. The second-order valence-corrected chi connectivity index (χ2v) is 4.64. The van der Waals surface area contributed by atoms with E-state index in [4.69, 9.17) is 16.3 Å². The lowest BCUT2D eigenvalue weighted by atomic mass is 10.0. The summed E-state index contributed by atoms with van der Waals surface area (Å²) in [6.45, 7) is 5.91. The predicted octanol–water partition coefficient (Wildman–Crippen LogP) is 3.94. The van der Waals surface area contributed by atoms with Crippen LogP contribution in [-0.4, -0.2) is 12.6 Å². The number of esters is 1. The molecule has 0 atom stereocenters. The quantitative estimate of drug-likeness (QED) is 0.759. The van der Waals surface area contributed by atoms with Crippen molar-refractivity contribution >= 4 is 23.6 Å². The van der Waals surface area contributed by atoms with Gasteiger partial charge in [-0.1, -0.05) is 43.7 Å². The van der Waals surface area contributed by atoms with Gasteiger partial charge in [0.05, 0.1) is 0 Å². The highest BCUT2D eigenvalue weighted by atomic mass is 35.5. The summed E-state index contributed by atoms with van der Waals surface area (Å²) in [7, 11) is 0. The van der Waals surface area contributed by atoms with Gasteiger partial charge in [-0.2, -0.15) is 0 Å². The van der Waals surface area contributed by atoms with Crippen LogP contribution in [0.5, 0.6) is 0 Å². The third-order valence-corrected chi connectivity index (χ3v) is 2.66. The van der Waals surface area contributed by atoms with E-state index in [2.05, 4.69) is 13.8 Å². The fourth-order valence-electron chi connectivity index (χ4n) is 1.33. The standard InChI is InChI=1S/C14H17ClO2/c1-10(2)13(9-17-11(3)16)8-12-4-6-14(15)7-5-12/h4-8,10H,9H2,1-3H3. The van der Waals surface area contributed by atoms with Gasteiger partial charge in [0.2, 0.25) is 0 Å². The van der Waals surface area contributed by atoms with Crippen LogP contribution < -0.4 is 0 Å². The van der Waals surface area contributed by atoms with Crippen LogP contribution in [0.3, 0.4) is 0 Å². The van der Waals surface area contributed by atoms with Crippen molar-refractivity contribution in [3.8, 4) is 0 Å². The van der Waals surface area contributed by atoms with Crippen LogP contribution in [0.2, 0.25) is 5.02 Å². The van der Waals surface area contributed by atoms with Gasteiger partial charge in [-0.15, -0.1) is 0 Å². The first kappa shape index (κ1) is 13.8. The summed E-state index contributed by atoms with van der Waals surface area (Å²) >= 11 is 5.82. The maximum atomic E-state index is 10.8. The molecule has 0 heterocycles. The molecule has 0 aromatic heterocycles. The van der Waals surface area contributed by atoms with Gasteiger partial charge >= 0.3 is 5.97 Å². The highest BCUT2D eigenvalue weighted by Gasteiger charge is 2.05. The van der Waals surface area contributed by atoms with Crippen LogP contribution in [-0.2, 0) is 9.53 Å². The van der Waals surface area contributed by atoms with E-state index in [1.807, 2.05) is 30.3 Å². The Morgan fingerprint density at radius 1 is 1.35 bits per heavy atom. The third-order valence-electron chi connectivity index (χ3n) is 2.41. The summed E-state index contributed by atoms with van der Waals surface area (Å²) in [6, 6.07) is 7.57. The van der Waals surface area contributed by atoms with Crippen LogP contribution in [0.15, 0.2) is 29.8 Å². The molecule has 0 aliphatic carbocycles. The zero-order chi connectivity index (χ0) is 12.8. The second-order valence-electron chi connectivity index (χ2n) is 4.21. The minimum atomic E-state index is -0.257. The summed E-state index contributed by atoms with van der Waals surface area (Å²) in [4.78, 5) is 10.8. The summed E-state index contributed by atoms with van der Waals surface area (Å²) in [6.07, 6.45) is 2.03. The number of benzene rings is 1. The molecule has 0 N–H and O–H groups in total. The normalized spacial score (nSPS) is 11.7. The number of ether oxygens (including phenoxy) is 1. The number of hydrogen-bond acceptors (Lipinski definition) is 2. The van der Waals surface area contributed by atoms with Crippen molar-refractivity contribution in [3.05, 3.63) is 40.4 Å². The molecular weight excluding hydrogens is 236 g/mol. The summed E-state index contributed by atoms with van der Waals surface area (Å²) < 4.78 is 5.03. The van der Waals surface area contributed by atoms with E-state index in [0.717, 1.165) is 11.1 Å². The van der Waals surface area contributed by atoms with Gasteiger partial charge in [0.1, 0.15) is 6.61 Å². The first-order chi connectivity index (χ1) is 7.99. The van der Waals surface area contributed by atoms with Crippen molar-refractivity contribution in [3.63, 3.8) is 0 Å². The molecule has 0 bridgehead atoms. The molecule has 0 spiro atoms. The Labute approximate surface area is 107 Å². The lowest BCUT2D eigenvalue weighted by molar-refractivity contribution is -0.140. The minimum Gasteiger partial charge on any atom is -0.461 e. The van der Waals surface area contributed by atoms with Crippen molar-refractivity contribution in [1.82, 2.24) is 0 Å². The van der Waals surface area contributed by atoms with Gasteiger partial charge in [-0.25, -0.2) is 0 Å². The van der Waals surface area contributed by atoms with E-state index in [-0.39, 0.29) is 5.97 Å². The molecule has 0 aliphatic rings. The number of rotatable bonds is 4. The number of halogens is 1. The van der Waals surface area contributed by atoms with E-state index < -0.39 is 0 Å². The number of carbonyl (C=O) groups excluding carboxylic acids is 1. The zero-order valence-electron chi connectivity index (χ0n) is 10.4. The van der Waals surface area contributed by atoms with E-state index in [9.17, 15) is 4.79 Å². The van der Waals surface area contributed by atoms with Crippen molar-refractivity contribution in [2.45, 2.75) is 20.8 Å². The van der Waals surface area contributed by atoms with E-state index >= 15 is 0 Å². The smallest absolute Gasteiger partial charge is 0.302 e. The van der Waals surface area contributed by atoms with Crippen LogP contribution in [0.4, 0.5) is 0 Å². The molecule has 1 aromatic carbocycles. The van der Waals surface area contributed by atoms with Gasteiger partial charge in [0.15, 0.2) is 0 Å². The molecule has 2 nitrogen and oxygen atoms in total. The number of carbonyl (C=O) groups is 1. The van der Waals surface area contributed by atoms with Gasteiger partial charge < -0.3 is 4.74 Å². The fraction of sp³-hybridized carbons (Fsp3) is 0.357. The van der Waals surface area contributed by atoms with E-state index in [1.54, 1.807) is 0 Å². The molecule has 0 aliphatic heterocycles. The highest BCUT2D eigenvalue weighted by Crippen LogP contribution is 2.17. The van der Waals surface area contributed by atoms with Crippen molar-refractivity contribution in [1.29, 1.82) is 0 Å². The van der Waals surface area contributed by atoms with Crippen LogP contribution in [0.1, 0.15) is 26.3 Å². The molecule has 1 aromatic rings. The molecule has 1 rings (SSSR count). The van der Waals surface area contributed by atoms with Crippen molar-refractivity contribution in [2.75, 3.05) is 6.61 Å². The Balaban J connectivity index is 2.82. The third kappa shape index (κ3) is 5.05. The molecule has 0 radical (unpaired) electrons. The zero-order valence-corrected chi connectivity index (χ0v) is 11.1. The molecule has 0 unspecified atom stereocenters. The lowest BCUT2D eigenvalue weighted by Gasteiger charge is -2.11. The summed E-state index contributed by atoms with van der Waals surface area (Å²) in [5.41, 5.74) is 2.15. The molecule has 0 fully saturated rings. The second kappa shape index (κ2) is 6.45. The molecule has 92 valence electrons. The Morgan fingerprint density at radius 3 is 2.41 bits per heavy atom. The average molecular weight is 253 g/mol. The monoisotopic (exact) mass is 252 g/mol. The van der Waals surface area contributed by atoms with E-state index in [0.29, 0.717) is 17.5 Å². The van der Waals surface area contributed by atoms with Crippen molar-refractivity contribution < 1.29 is 9.53 Å². The highest BCUT2D eigenvalue weighted by molar-refractivity contribution is 6.30. The van der Waals surface area contributed by atoms with Gasteiger partial charge in [0.25, 0.3) is 0 Å². The Morgan fingerprint density at radius 2 is 1.94 bits per heavy atom. The fourth-order valence-corrected chi connectivity index (χ4v) is 1.46. The van der Waals surface area contributed by atoms with Crippen molar-refractivity contribution in [2.24, 2.45) is 5.92 Å².